The Balaban J connectivity index is 2.48. The zero-order valence-electron chi connectivity index (χ0n) is 9.26. The Labute approximate surface area is 89.4 Å². The zero-order chi connectivity index (χ0) is 11.5. The van der Waals surface area contributed by atoms with Gasteiger partial charge in [-0.2, -0.15) is 0 Å². The van der Waals surface area contributed by atoms with E-state index in [2.05, 4.69) is 11.1 Å². The highest BCUT2D eigenvalue weighted by atomic mass is 19.3. The van der Waals surface area contributed by atoms with E-state index in [1.807, 2.05) is 26.0 Å². The fraction of sp³-hybridized carbons (Fsp3) is 0.500. The average molecular weight is 213 g/mol. The first-order chi connectivity index (χ1) is 6.96. The monoisotopic (exact) mass is 213 g/mol. The van der Waals surface area contributed by atoms with Crippen molar-refractivity contribution in [3.8, 4) is 0 Å². The Hall–Kier alpha value is -1.12. The van der Waals surface area contributed by atoms with Gasteiger partial charge in [0.15, 0.2) is 0 Å². The predicted octanol–water partition coefficient (Wildman–Crippen LogP) is 3.71. The fourth-order valence-electron chi connectivity index (χ4n) is 1.63. The lowest BCUT2D eigenvalue weighted by Crippen LogP contribution is -2.13. The van der Waals surface area contributed by atoms with Gasteiger partial charge in [-0.05, 0) is 38.5 Å². The number of hydrogen-bond acceptors (Lipinski definition) is 0. The molecule has 3 heteroatoms. The maximum Gasteiger partial charge on any atom is 0.266 e. The minimum absolute atomic E-state index is 0.131. The van der Waals surface area contributed by atoms with Gasteiger partial charge in [0.1, 0.15) is 0 Å². The van der Waals surface area contributed by atoms with E-state index in [1.165, 1.54) is 0 Å². The van der Waals surface area contributed by atoms with Crippen molar-refractivity contribution in [2.75, 3.05) is 0 Å². The Bertz CT molecular complexity index is 320. The van der Waals surface area contributed by atoms with E-state index in [4.69, 9.17) is 0 Å². The molecule has 1 rings (SSSR count). The Morgan fingerprint density at radius 2 is 1.87 bits per heavy atom. The number of nitrogens with zero attached hydrogens (tertiary/aromatic N) is 1. The molecule has 84 valence electrons. The Morgan fingerprint density at radius 1 is 1.33 bits per heavy atom. The highest BCUT2D eigenvalue weighted by Crippen LogP contribution is 2.22. The lowest BCUT2D eigenvalue weighted by Gasteiger charge is -2.13. The number of rotatable bonds is 5. The minimum atomic E-state index is -2.73. The minimum Gasteiger partial charge on any atom is -0.349 e. The summed E-state index contributed by atoms with van der Waals surface area (Å²) < 4.78 is 27.8. The van der Waals surface area contributed by atoms with E-state index >= 15 is 0 Å². The lowest BCUT2D eigenvalue weighted by atomic mass is 10.2. The smallest absolute Gasteiger partial charge is 0.266 e. The van der Waals surface area contributed by atoms with Crippen LogP contribution in [0.5, 0.6) is 0 Å². The SMILES string of the molecule is C=CC(F)(F)CCCn1c(C)ccc1C. The molecule has 0 bridgehead atoms. The van der Waals surface area contributed by atoms with Crippen molar-refractivity contribution in [2.24, 2.45) is 0 Å². The van der Waals surface area contributed by atoms with E-state index in [-0.39, 0.29) is 6.42 Å². The third kappa shape index (κ3) is 3.18. The number of aryl methyl sites for hydroxylation is 2. The van der Waals surface area contributed by atoms with Crippen LogP contribution >= 0.6 is 0 Å². The van der Waals surface area contributed by atoms with Gasteiger partial charge in [-0.3, -0.25) is 0 Å². The summed E-state index contributed by atoms with van der Waals surface area (Å²) in [6.07, 6.45) is 1.06. The largest absolute Gasteiger partial charge is 0.349 e. The van der Waals surface area contributed by atoms with Gasteiger partial charge in [-0.1, -0.05) is 6.58 Å². The number of hydrogen-bond donors (Lipinski definition) is 0. The van der Waals surface area contributed by atoms with Crippen LogP contribution in [0.1, 0.15) is 24.2 Å². The summed E-state index contributed by atoms with van der Waals surface area (Å²) in [5, 5.41) is 0. The van der Waals surface area contributed by atoms with E-state index in [0.29, 0.717) is 13.0 Å². The molecule has 1 aromatic heterocycles. The molecule has 0 aliphatic carbocycles. The molecular weight excluding hydrogens is 196 g/mol. The molecule has 0 saturated carbocycles. The number of halogens is 2. The van der Waals surface area contributed by atoms with Gasteiger partial charge in [0.25, 0.3) is 5.92 Å². The van der Waals surface area contributed by atoms with Gasteiger partial charge in [-0.15, -0.1) is 0 Å². The summed E-state index contributed by atoms with van der Waals surface area (Å²) in [7, 11) is 0. The molecule has 0 N–H and O–H groups in total. The van der Waals surface area contributed by atoms with Crippen LogP contribution in [0.25, 0.3) is 0 Å². The second-order valence-corrected chi connectivity index (χ2v) is 3.84. The molecule has 15 heavy (non-hydrogen) atoms. The standard InChI is InChI=1S/C12H17F2N/c1-4-12(13,14)8-5-9-15-10(2)6-7-11(15)3/h4,6-7H,1,5,8-9H2,2-3H3. The van der Waals surface area contributed by atoms with Crippen LogP contribution in [-0.2, 0) is 6.54 Å². The summed E-state index contributed by atoms with van der Waals surface area (Å²) in [4.78, 5) is 0. The van der Waals surface area contributed by atoms with Gasteiger partial charge in [0.2, 0.25) is 0 Å². The van der Waals surface area contributed by atoms with Crippen LogP contribution in [0.2, 0.25) is 0 Å². The zero-order valence-corrected chi connectivity index (χ0v) is 9.26. The molecule has 0 aromatic carbocycles. The summed E-state index contributed by atoms with van der Waals surface area (Å²) in [5.41, 5.74) is 2.24. The second kappa shape index (κ2) is 4.60. The van der Waals surface area contributed by atoms with Crippen molar-refractivity contribution in [3.63, 3.8) is 0 Å². The van der Waals surface area contributed by atoms with Crippen molar-refractivity contribution in [2.45, 2.75) is 39.2 Å². The van der Waals surface area contributed by atoms with Crippen molar-refractivity contribution < 1.29 is 8.78 Å². The van der Waals surface area contributed by atoms with Gasteiger partial charge < -0.3 is 4.57 Å². The highest BCUT2D eigenvalue weighted by molar-refractivity contribution is 5.13. The quantitative estimate of drug-likeness (QED) is 0.657. The molecule has 0 spiro atoms. The Morgan fingerprint density at radius 3 is 2.33 bits per heavy atom. The fourth-order valence-corrected chi connectivity index (χ4v) is 1.63. The molecule has 1 aromatic rings. The molecule has 1 nitrogen and oxygen atoms in total. The highest BCUT2D eigenvalue weighted by Gasteiger charge is 2.22. The number of aromatic nitrogens is 1. The van der Waals surface area contributed by atoms with Crippen molar-refractivity contribution in [1.29, 1.82) is 0 Å². The topological polar surface area (TPSA) is 4.93 Å². The lowest BCUT2D eigenvalue weighted by molar-refractivity contribution is 0.0425. The van der Waals surface area contributed by atoms with Crippen molar-refractivity contribution in [1.82, 2.24) is 4.57 Å². The van der Waals surface area contributed by atoms with Crippen LogP contribution in [0.4, 0.5) is 8.78 Å². The van der Waals surface area contributed by atoms with E-state index in [9.17, 15) is 8.78 Å². The third-order valence-electron chi connectivity index (χ3n) is 2.61. The number of allylic oxidation sites excluding steroid dienone is 1. The molecule has 0 amide bonds. The van der Waals surface area contributed by atoms with Gasteiger partial charge in [0.05, 0.1) is 0 Å². The van der Waals surface area contributed by atoms with E-state index in [0.717, 1.165) is 17.5 Å². The molecule has 1 heterocycles. The molecule has 0 atom stereocenters. The van der Waals surface area contributed by atoms with Crippen LogP contribution in [0.3, 0.4) is 0 Å². The van der Waals surface area contributed by atoms with E-state index < -0.39 is 5.92 Å². The summed E-state index contributed by atoms with van der Waals surface area (Å²) in [5.74, 6) is -2.73. The van der Waals surface area contributed by atoms with Gasteiger partial charge in [0, 0.05) is 24.4 Å². The first kappa shape index (κ1) is 12.0. The maximum absolute atomic E-state index is 12.9. The Kier molecular flexibility index (Phi) is 3.66. The normalized spacial score (nSPS) is 11.7. The first-order valence-electron chi connectivity index (χ1n) is 5.10. The van der Waals surface area contributed by atoms with E-state index in [1.54, 1.807) is 0 Å². The van der Waals surface area contributed by atoms with Crippen molar-refractivity contribution in [3.05, 3.63) is 36.2 Å². The maximum atomic E-state index is 12.9. The summed E-state index contributed by atoms with van der Waals surface area (Å²) >= 11 is 0. The first-order valence-corrected chi connectivity index (χ1v) is 5.10. The molecular formula is C12H17F2N. The van der Waals surface area contributed by atoms with Crippen LogP contribution in [0, 0.1) is 13.8 Å². The second-order valence-electron chi connectivity index (χ2n) is 3.84. The van der Waals surface area contributed by atoms with Crippen LogP contribution in [-0.4, -0.2) is 10.5 Å². The van der Waals surface area contributed by atoms with Gasteiger partial charge >= 0.3 is 0 Å². The van der Waals surface area contributed by atoms with Crippen molar-refractivity contribution >= 4 is 0 Å². The predicted molar refractivity (Wildman–Crippen MR) is 58.3 cm³/mol. The summed E-state index contributed by atoms with van der Waals surface area (Å²) in [6, 6.07) is 4.00. The molecule has 0 aliphatic rings. The number of alkyl halides is 2. The molecule has 0 radical (unpaired) electrons. The molecule has 0 aliphatic heterocycles. The van der Waals surface area contributed by atoms with Gasteiger partial charge in [-0.25, -0.2) is 8.78 Å². The molecule has 0 fully saturated rings. The summed E-state index contributed by atoms with van der Waals surface area (Å²) in [6.45, 7) is 7.74. The van der Waals surface area contributed by atoms with Crippen LogP contribution in [0.15, 0.2) is 24.8 Å². The third-order valence-corrected chi connectivity index (χ3v) is 2.61. The average Bonchev–Trinajstić information content (AvgIpc) is 2.49. The van der Waals surface area contributed by atoms with Crippen LogP contribution < -0.4 is 0 Å². The molecule has 0 unspecified atom stereocenters. The molecule has 0 saturated heterocycles.